The fourth-order valence-electron chi connectivity index (χ4n) is 4.98. The maximum atomic E-state index is 15.4. The molecule has 0 spiro atoms. The zero-order valence-electron chi connectivity index (χ0n) is 20.6. The largest absolute Gasteiger partial charge is 0.496 e. The third-order valence-corrected chi connectivity index (χ3v) is 6.88. The van der Waals surface area contributed by atoms with Gasteiger partial charge in [0, 0.05) is 11.1 Å². The summed E-state index contributed by atoms with van der Waals surface area (Å²) in [5.74, 6) is -0.00429. The van der Waals surface area contributed by atoms with E-state index in [9.17, 15) is 4.79 Å². The third kappa shape index (κ3) is 4.25. The van der Waals surface area contributed by atoms with Crippen LogP contribution in [0.4, 0.5) is 10.2 Å². The van der Waals surface area contributed by atoms with E-state index in [1.807, 2.05) is 17.7 Å². The Kier molecular flexibility index (Phi) is 6.30. The number of nitrogens with two attached hydrogens (primary N) is 1. The first-order valence-corrected chi connectivity index (χ1v) is 12.1. The van der Waals surface area contributed by atoms with Gasteiger partial charge in [0.2, 0.25) is 0 Å². The second-order valence-corrected chi connectivity index (χ2v) is 9.32. The van der Waals surface area contributed by atoms with Gasteiger partial charge in [0.25, 0.3) is 5.91 Å². The van der Waals surface area contributed by atoms with Gasteiger partial charge in [-0.2, -0.15) is 5.10 Å². The van der Waals surface area contributed by atoms with E-state index >= 15 is 4.39 Å². The molecule has 5 rings (SSSR count). The SMILES string of the molecule is COc1ccc(C)cc1C(=O)NC(C)c1ccc(-c2nn(C3CCCC3)c3ncnc(N)c23)cc1F. The number of halogens is 1. The van der Waals surface area contributed by atoms with E-state index in [0.29, 0.717) is 45.0 Å². The van der Waals surface area contributed by atoms with Crippen LogP contribution in [-0.2, 0) is 0 Å². The molecule has 9 heteroatoms. The van der Waals surface area contributed by atoms with Gasteiger partial charge in [0.1, 0.15) is 29.4 Å². The molecule has 1 amide bonds. The van der Waals surface area contributed by atoms with Crippen molar-refractivity contribution in [1.29, 1.82) is 0 Å². The van der Waals surface area contributed by atoms with Crippen LogP contribution in [0, 0.1) is 12.7 Å². The Labute approximate surface area is 208 Å². The quantitative estimate of drug-likeness (QED) is 0.389. The lowest BCUT2D eigenvalue weighted by Gasteiger charge is -2.17. The van der Waals surface area contributed by atoms with Crippen molar-refractivity contribution in [2.75, 3.05) is 12.8 Å². The van der Waals surface area contributed by atoms with Gasteiger partial charge in [-0.1, -0.05) is 36.6 Å². The van der Waals surface area contributed by atoms with Crippen LogP contribution in [-0.4, -0.2) is 32.8 Å². The Bertz CT molecular complexity index is 1440. The number of carbonyl (C=O) groups is 1. The Hall–Kier alpha value is -4.01. The molecule has 3 N–H and O–H groups in total. The van der Waals surface area contributed by atoms with Crippen LogP contribution in [0.1, 0.15) is 66.2 Å². The van der Waals surface area contributed by atoms with Crippen LogP contribution < -0.4 is 15.8 Å². The van der Waals surface area contributed by atoms with Gasteiger partial charge >= 0.3 is 0 Å². The van der Waals surface area contributed by atoms with Gasteiger partial charge in [-0.15, -0.1) is 0 Å². The molecule has 1 saturated carbocycles. The van der Waals surface area contributed by atoms with Crippen LogP contribution in [0.5, 0.6) is 5.75 Å². The van der Waals surface area contributed by atoms with E-state index in [-0.39, 0.29) is 11.9 Å². The number of amides is 1. The molecule has 4 aromatic rings. The summed E-state index contributed by atoms with van der Waals surface area (Å²) in [5, 5.41) is 8.32. The lowest BCUT2D eigenvalue weighted by Crippen LogP contribution is -2.27. The number of benzene rings is 2. The number of anilines is 1. The summed E-state index contributed by atoms with van der Waals surface area (Å²) in [5.41, 5.74) is 9.71. The summed E-state index contributed by atoms with van der Waals surface area (Å²) in [6, 6.07) is 9.93. The van der Waals surface area contributed by atoms with E-state index in [2.05, 4.69) is 15.3 Å². The number of aromatic nitrogens is 4. The molecule has 36 heavy (non-hydrogen) atoms. The fraction of sp³-hybridized carbons (Fsp3) is 0.333. The van der Waals surface area contributed by atoms with Crippen molar-refractivity contribution in [1.82, 2.24) is 25.1 Å². The molecule has 2 heterocycles. The molecule has 8 nitrogen and oxygen atoms in total. The number of nitrogens with one attached hydrogen (secondary N) is 1. The van der Waals surface area contributed by atoms with E-state index in [0.717, 1.165) is 31.2 Å². The Morgan fingerprint density at radius 3 is 2.69 bits per heavy atom. The second kappa shape index (κ2) is 9.56. The second-order valence-electron chi connectivity index (χ2n) is 9.32. The van der Waals surface area contributed by atoms with Crippen molar-refractivity contribution in [3.05, 3.63) is 65.2 Å². The van der Waals surface area contributed by atoms with E-state index in [4.69, 9.17) is 15.6 Å². The van der Waals surface area contributed by atoms with E-state index in [1.165, 1.54) is 19.5 Å². The normalized spacial score (nSPS) is 14.8. The number of aryl methyl sites for hydroxylation is 1. The van der Waals surface area contributed by atoms with Gasteiger partial charge in [-0.3, -0.25) is 4.79 Å². The number of fused-ring (bicyclic) bond motifs is 1. The van der Waals surface area contributed by atoms with E-state index in [1.54, 1.807) is 31.2 Å². The molecule has 1 unspecified atom stereocenters. The summed E-state index contributed by atoms with van der Waals surface area (Å²) < 4.78 is 22.6. The molecule has 0 bridgehead atoms. The van der Waals surface area contributed by atoms with Crippen LogP contribution in [0.3, 0.4) is 0 Å². The minimum atomic E-state index is -0.571. The molecular weight excluding hydrogens is 459 g/mol. The highest BCUT2D eigenvalue weighted by Gasteiger charge is 2.25. The number of nitrogen functional groups attached to an aromatic ring is 1. The van der Waals surface area contributed by atoms with Crippen molar-refractivity contribution >= 4 is 22.8 Å². The summed E-state index contributed by atoms with van der Waals surface area (Å²) in [6.07, 6.45) is 5.77. The van der Waals surface area contributed by atoms with Gasteiger partial charge in [0.05, 0.1) is 30.1 Å². The summed E-state index contributed by atoms with van der Waals surface area (Å²) in [7, 11) is 1.51. The maximum absolute atomic E-state index is 15.4. The Morgan fingerprint density at radius 2 is 1.97 bits per heavy atom. The van der Waals surface area contributed by atoms with Gasteiger partial charge in [-0.25, -0.2) is 19.0 Å². The molecule has 0 saturated heterocycles. The molecule has 0 radical (unpaired) electrons. The first-order valence-electron chi connectivity index (χ1n) is 12.1. The minimum absolute atomic E-state index is 0.244. The van der Waals surface area contributed by atoms with Gasteiger partial charge in [0.15, 0.2) is 5.65 Å². The average molecular weight is 489 g/mol. The number of methoxy groups -OCH3 is 1. The maximum Gasteiger partial charge on any atom is 0.255 e. The summed E-state index contributed by atoms with van der Waals surface area (Å²) in [6.45, 7) is 3.64. The predicted molar refractivity (Wildman–Crippen MR) is 136 cm³/mol. The highest BCUT2D eigenvalue weighted by atomic mass is 19.1. The summed E-state index contributed by atoms with van der Waals surface area (Å²) in [4.78, 5) is 21.5. The zero-order chi connectivity index (χ0) is 25.4. The van der Waals surface area contributed by atoms with E-state index < -0.39 is 11.9 Å². The highest BCUT2D eigenvalue weighted by molar-refractivity contribution is 5.98. The first-order chi connectivity index (χ1) is 17.4. The Balaban J connectivity index is 1.46. The van der Waals surface area contributed by atoms with Crippen molar-refractivity contribution in [3.8, 4) is 17.0 Å². The fourth-order valence-corrected chi connectivity index (χ4v) is 4.98. The first kappa shape index (κ1) is 23.7. The third-order valence-electron chi connectivity index (χ3n) is 6.88. The molecule has 1 atom stereocenters. The van der Waals surface area contributed by atoms with Crippen LogP contribution in [0.2, 0.25) is 0 Å². The standard InChI is InChI=1S/C27H29FN6O2/c1-15-8-11-22(36-3)20(12-15)27(35)32-16(2)19-10-9-17(13-21(19)28)24-23-25(29)30-14-31-26(23)34(33-24)18-6-4-5-7-18/h8-14,16,18H,4-7H2,1-3H3,(H,32,35)(H2,29,30,31). The van der Waals surface area contributed by atoms with Gasteiger partial charge < -0.3 is 15.8 Å². The molecule has 186 valence electrons. The van der Waals surface area contributed by atoms with Crippen LogP contribution in [0.15, 0.2) is 42.7 Å². The predicted octanol–water partition coefficient (Wildman–Crippen LogP) is 5.14. The number of hydrogen-bond acceptors (Lipinski definition) is 6. The number of rotatable bonds is 6. The van der Waals surface area contributed by atoms with Crippen molar-refractivity contribution in [2.45, 2.75) is 51.6 Å². The monoisotopic (exact) mass is 488 g/mol. The van der Waals surface area contributed by atoms with Crippen molar-refractivity contribution in [3.63, 3.8) is 0 Å². The Morgan fingerprint density at radius 1 is 1.19 bits per heavy atom. The smallest absolute Gasteiger partial charge is 0.255 e. The van der Waals surface area contributed by atoms with Crippen LogP contribution in [0.25, 0.3) is 22.3 Å². The van der Waals surface area contributed by atoms with Crippen molar-refractivity contribution in [2.24, 2.45) is 0 Å². The minimum Gasteiger partial charge on any atom is -0.496 e. The zero-order valence-corrected chi connectivity index (χ0v) is 20.6. The number of nitrogens with zero attached hydrogens (tertiary/aromatic N) is 4. The molecule has 1 fully saturated rings. The summed E-state index contributed by atoms with van der Waals surface area (Å²) >= 11 is 0. The lowest BCUT2D eigenvalue weighted by atomic mass is 10.0. The number of hydrogen-bond donors (Lipinski definition) is 2. The molecule has 2 aromatic carbocycles. The number of ether oxygens (including phenoxy) is 1. The molecule has 0 aliphatic heterocycles. The average Bonchev–Trinajstić information content (AvgIpc) is 3.52. The number of carbonyl (C=O) groups excluding carboxylic acids is 1. The molecule has 2 aromatic heterocycles. The molecule has 1 aliphatic rings. The topological polar surface area (TPSA) is 108 Å². The van der Waals surface area contributed by atoms with Crippen LogP contribution >= 0.6 is 0 Å². The highest BCUT2D eigenvalue weighted by Crippen LogP contribution is 2.37. The molecular formula is C27H29FN6O2. The van der Waals surface area contributed by atoms with Crippen molar-refractivity contribution < 1.29 is 13.9 Å². The lowest BCUT2D eigenvalue weighted by molar-refractivity contribution is 0.0936. The molecule has 1 aliphatic carbocycles. The van der Waals surface area contributed by atoms with Gasteiger partial charge in [-0.05, 0) is 44.9 Å².